The lowest BCUT2D eigenvalue weighted by Crippen LogP contribution is -2.49. The molecule has 1 saturated heterocycles. The van der Waals surface area contributed by atoms with Crippen molar-refractivity contribution in [3.63, 3.8) is 0 Å². The number of piperazine rings is 1. The van der Waals surface area contributed by atoms with Crippen LogP contribution in [0, 0.1) is 6.92 Å². The van der Waals surface area contributed by atoms with Crippen molar-refractivity contribution < 1.29 is 13.2 Å². The highest BCUT2D eigenvalue weighted by Gasteiger charge is 2.28. The van der Waals surface area contributed by atoms with Crippen LogP contribution < -0.4 is 5.32 Å². The van der Waals surface area contributed by atoms with Crippen LogP contribution in [0.15, 0.2) is 41.6 Å². The first-order valence-corrected chi connectivity index (χ1v) is 10.4. The number of hydrogen-bond acceptors (Lipinski definition) is 5. The zero-order valence-corrected chi connectivity index (χ0v) is 16.4. The van der Waals surface area contributed by atoms with Gasteiger partial charge in [0, 0.05) is 64.3 Å². The van der Waals surface area contributed by atoms with Crippen LogP contribution >= 0.6 is 0 Å². The summed E-state index contributed by atoms with van der Waals surface area (Å²) >= 11 is 0. The Bertz CT molecular complexity index is 884. The van der Waals surface area contributed by atoms with Gasteiger partial charge in [-0.2, -0.15) is 4.31 Å². The summed E-state index contributed by atoms with van der Waals surface area (Å²) in [5, 5.41) is 2.64. The number of imidazole rings is 1. The van der Waals surface area contributed by atoms with Crippen LogP contribution in [0.3, 0.4) is 0 Å². The molecule has 1 N–H and O–H groups in total. The van der Waals surface area contributed by atoms with Crippen molar-refractivity contribution in [2.45, 2.75) is 25.3 Å². The minimum atomic E-state index is -3.52. The van der Waals surface area contributed by atoms with Crippen LogP contribution in [0.4, 0.5) is 5.69 Å². The second-order valence-electron chi connectivity index (χ2n) is 6.62. The Hall–Kier alpha value is -2.23. The van der Waals surface area contributed by atoms with Crippen LogP contribution in [-0.4, -0.2) is 65.8 Å². The number of sulfonamides is 1. The van der Waals surface area contributed by atoms with Crippen LogP contribution in [0.2, 0.25) is 0 Å². The zero-order chi connectivity index (χ0) is 19.4. The molecule has 0 bridgehead atoms. The molecule has 0 aliphatic carbocycles. The largest absolute Gasteiger partial charge is 0.334 e. The summed E-state index contributed by atoms with van der Waals surface area (Å²) in [6.45, 7) is 7.46. The number of benzene rings is 1. The number of anilines is 1. The molecule has 2 aromatic rings. The molecule has 1 aliphatic heterocycles. The van der Waals surface area contributed by atoms with E-state index in [-0.39, 0.29) is 10.8 Å². The van der Waals surface area contributed by atoms with Gasteiger partial charge in [-0.3, -0.25) is 9.69 Å². The molecule has 3 rings (SSSR count). The normalized spacial score (nSPS) is 16.4. The third-order valence-electron chi connectivity index (χ3n) is 4.72. The first-order valence-electron chi connectivity index (χ1n) is 8.94. The number of aromatic nitrogens is 2. The average molecular weight is 391 g/mol. The molecule has 146 valence electrons. The number of nitrogens with zero attached hydrogens (tertiary/aromatic N) is 4. The Morgan fingerprint density at radius 2 is 1.78 bits per heavy atom. The number of rotatable bonds is 6. The van der Waals surface area contributed by atoms with Gasteiger partial charge in [0.25, 0.3) is 0 Å². The summed E-state index contributed by atoms with van der Waals surface area (Å²) in [5.41, 5.74) is 0.584. The van der Waals surface area contributed by atoms with E-state index in [1.54, 1.807) is 18.3 Å². The molecule has 1 fully saturated rings. The van der Waals surface area contributed by atoms with E-state index in [2.05, 4.69) is 19.8 Å². The molecule has 8 nitrogen and oxygen atoms in total. The van der Waals surface area contributed by atoms with Gasteiger partial charge in [0.2, 0.25) is 15.9 Å². The van der Waals surface area contributed by atoms with Crippen molar-refractivity contribution in [2.75, 3.05) is 38.0 Å². The second kappa shape index (κ2) is 8.20. The number of aryl methyl sites for hydroxylation is 1. The summed E-state index contributed by atoms with van der Waals surface area (Å²) in [5.74, 6) is 0.798. The fraction of sp³-hybridized carbons (Fsp3) is 0.444. The number of carbonyl (C=O) groups is 1. The lowest BCUT2D eigenvalue weighted by atomic mass is 10.3. The third kappa shape index (κ3) is 4.74. The molecule has 0 atom stereocenters. The SMILES string of the molecule is CC(=O)Nc1ccc(S(=O)(=O)N2CCN(CCn3ccnc3C)CC2)cc1. The van der Waals surface area contributed by atoms with Gasteiger partial charge in [0.1, 0.15) is 5.82 Å². The van der Waals surface area contributed by atoms with Crippen molar-refractivity contribution in [1.82, 2.24) is 18.8 Å². The molecule has 0 radical (unpaired) electrons. The number of amides is 1. The monoisotopic (exact) mass is 391 g/mol. The Kier molecular flexibility index (Phi) is 5.93. The van der Waals surface area contributed by atoms with Crippen LogP contribution in [0.5, 0.6) is 0 Å². The highest BCUT2D eigenvalue weighted by molar-refractivity contribution is 7.89. The number of nitrogens with one attached hydrogen (secondary N) is 1. The minimum absolute atomic E-state index is 0.187. The van der Waals surface area contributed by atoms with Gasteiger partial charge in [0.05, 0.1) is 4.90 Å². The summed E-state index contributed by atoms with van der Waals surface area (Å²) in [6.07, 6.45) is 3.75. The molecule has 1 amide bonds. The van der Waals surface area contributed by atoms with E-state index in [9.17, 15) is 13.2 Å². The number of hydrogen-bond donors (Lipinski definition) is 1. The number of carbonyl (C=O) groups excluding carboxylic acids is 1. The molecule has 0 spiro atoms. The van der Waals surface area contributed by atoms with E-state index in [0.29, 0.717) is 31.9 Å². The first-order chi connectivity index (χ1) is 12.9. The van der Waals surface area contributed by atoms with Crippen LogP contribution in [0.25, 0.3) is 0 Å². The van der Waals surface area contributed by atoms with Crippen LogP contribution in [-0.2, 0) is 21.4 Å². The Labute approximate surface area is 159 Å². The lowest BCUT2D eigenvalue weighted by Gasteiger charge is -2.34. The molecule has 1 aromatic carbocycles. The lowest BCUT2D eigenvalue weighted by molar-refractivity contribution is -0.114. The Balaban J connectivity index is 1.56. The highest BCUT2D eigenvalue weighted by atomic mass is 32.2. The molecule has 1 aliphatic rings. The van der Waals surface area contributed by atoms with Gasteiger partial charge in [0.15, 0.2) is 0 Å². The minimum Gasteiger partial charge on any atom is -0.334 e. The van der Waals surface area contributed by atoms with Gasteiger partial charge < -0.3 is 9.88 Å². The fourth-order valence-corrected chi connectivity index (χ4v) is 4.57. The summed E-state index contributed by atoms with van der Waals surface area (Å²) in [7, 11) is -3.52. The van der Waals surface area contributed by atoms with E-state index in [4.69, 9.17) is 0 Å². The average Bonchev–Trinajstić information content (AvgIpc) is 3.05. The van der Waals surface area contributed by atoms with Crippen LogP contribution in [0.1, 0.15) is 12.7 Å². The summed E-state index contributed by atoms with van der Waals surface area (Å²) in [6, 6.07) is 6.29. The van der Waals surface area contributed by atoms with Gasteiger partial charge in [-0.15, -0.1) is 0 Å². The maximum absolute atomic E-state index is 12.8. The molecule has 0 saturated carbocycles. The molecule has 1 aromatic heterocycles. The van der Waals surface area contributed by atoms with E-state index < -0.39 is 10.0 Å². The predicted octanol–water partition coefficient (Wildman–Crippen LogP) is 1.16. The topological polar surface area (TPSA) is 87.5 Å². The Morgan fingerprint density at radius 3 is 2.33 bits per heavy atom. The maximum atomic E-state index is 12.8. The zero-order valence-electron chi connectivity index (χ0n) is 15.6. The second-order valence-corrected chi connectivity index (χ2v) is 8.56. The standard InChI is InChI=1S/C18H25N5O3S/c1-15-19-7-8-22(15)12-9-21-10-13-23(14-11-21)27(25,26)18-5-3-17(4-6-18)20-16(2)24/h3-8H,9-14H2,1-2H3,(H,20,24). The smallest absolute Gasteiger partial charge is 0.243 e. The summed E-state index contributed by atoms with van der Waals surface area (Å²) in [4.78, 5) is 17.8. The first kappa shape index (κ1) is 19.5. The quantitative estimate of drug-likeness (QED) is 0.798. The van der Waals surface area contributed by atoms with Crippen molar-refractivity contribution >= 4 is 21.6 Å². The molecule has 0 unspecified atom stereocenters. The van der Waals surface area contributed by atoms with Gasteiger partial charge in [-0.1, -0.05) is 0 Å². The fourth-order valence-electron chi connectivity index (χ4n) is 3.15. The van der Waals surface area contributed by atoms with Crippen molar-refractivity contribution in [2.24, 2.45) is 0 Å². The third-order valence-corrected chi connectivity index (χ3v) is 6.64. The predicted molar refractivity (Wildman–Crippen MR) is 103 cm³/mol. The van der Waals surface area contributed by atoms with Gasteiger partial charge in [-0.25, -0.2) is 13.4 Å². The van der Waals surface area contributed by atoms with Crippen molar-refractivity contribution in [3.8, 4) is 0 Å². The van der Waals surface area contributed by atoms with E-state index in [1.165, 1.54) is 23.4 Å². The van der Waals surface area contributed by atoms with E-state index >= 15 is 0 Å². The van der Waals surface area contributed by atoms with Gasteiger partial charge >= 0.3 is 0 Å². The molecule has 2 heterocycles. The van der Waals surface area contributed by atoms with Crippen molar-refractivity contribution in [1.29, 1.82) is 0 Å². The summed E-state index contributed by atoms with van der Waals surface area (Å²) < 4.78 is 29.3. The van der Waals surface area contributed by atoms with E-state index in [0.717, 1.165) is 18.9 Å². The molecular weight excluding hydrogens is 366 g/mol. The van der Waals surface area contributed by atoms with Crippen molar-refractivity contribution in [3.05, 3.63) is 42.5 Å². The van der Waals surface area contributed by atoms with E-state index in [1.807, 2.05) is 13.1 Å². The Morgan fingerprint density at radius 1 is 1.11 bits per heavy atom. The van der Waals surface area contributed by atoms with Gasteiger partial charge in [-0.05, 0) is 31.2 Å². The maximum Gasteiger partial charge on any atom is 0.243 e. The molecule has 27 heavy (non-hydrogen) atoms. The highest BCUT2D eigenvalue weighted by Crippen LogP contribution is 2.20. The molecular formula is C18H25N5O3S. The molecule has 9 heteroatoms.